The van der Waals surface area contributed by atoms with Crippen LogP contribution in [0.25, 0.3) is 11.3 Å². The molecule has 1 heterocycles. The van der Waals surface area contributed by atoms with Crippen LogP contribution in [0.3, 0.4) is 0 Å². The van der Waals surface area contributed by atoms with Gasteiger partial charge in [0, 0.05) is 24.7 Å². The van der Waals surface area contributed by atoms with Crippen LogP contribution in [-0.2, 0) is 12.8 Å². The Morgan fingerprint density at radius 3 is 2.53 bits per heavy atom. The van der Waals surface area contributed by atoms with E-state index in [0.717, 1.165) is 36.5 Å². The van der Waals surface area contributed by atoms with E-state index in [1.54, 1.807) is 0 Å². The minimum atomic E-state index is 0.859. The van der Waals surface area contributed by atoms with Gasteiger partial charge in [-0.1, -0.05) is 37.6 Å². The lowest BCUT2D eigenvalue weighted by atomic mass is 10.1. The lowest BCUT2D eigenvalue weighted by Crippen LogP contribution is -2.12. The maximum Gasteiger partial charge on any atom is 0.130 e. The number of rotatable bonds is 6. The third-order valence-corrected chi connectivity index (χ3v) is 3.09. The number of hydrogen-bond donors (Lipinski definition) is 1. The highest BCUT2D eigenvalue weighted by molar-refractivity contribution is 5.58. The average Bonchev–Trinajstić information content (AvgIpc) is 2.46. The quantitative estimate of drug-likeness (QED) is 0.862. The molecule has 0 aliphatic carbocycles. The largest absolute Gasteiger partial charge is 0.319 e. The number of likely N-dealkylation sites (N-methyl/N-ethyl adjacent to an activating group) is 1. The van der Waals surface area contributed by atoms with Crippen molar-refractivity contribution >= 4 is 0 Å². The lowest BCUT2D eigenvalue weighted by Gasteiger charge is -2.05. The molecule has 3 nitrogen and oxygen atoms in total. The first-order chi connectivity index (χ1) is 9.33. The molecule has 0 spiro atoms. The lowest BCUT2D eigenvalue weighted by molar-refractivity contribution is 0.756. The van der Waals surface area contributed by atoms with Gasteiger partial charge in [-0.05, 0) is 25.1 Å². The summed E-state index contributed by atoms with van der Waals surface area (Å²) in [4.78, 5) is 8.90. The van der Waals surface area contributed by atoms with Gasteiger partial charge in [0.25, 0.3) is 0 Å². The highest BCUT2D eigenvalue weighted by Crippen LogP contribution is 2.17. The standard InChI is InChI=1S/C16H21N3/c1-3-4-13-5-7-14(8-6-13)15-9-12-18-16(19-15)10-11-17-2/h5-9,12,17H,3-4,10-11H2,1-2H3. The summed E-state index contributed by atoms with van der Waals surface area (Å²) in [5.41, 5.74) is 3.55. The molecule has 0 bridgehead atoms. The summed E-state index contributed by atoms with van der Waals surface area (Å²) in [5.74, 6) is 0.893. The van der Waals surface area contributed by atoms with Gasteiger partial charge in [-0.3, -0.25) is 0 Å². The van der Waals surface area contributed by atoms with E-state index < -0.39 is 0 Å². The fourth-order valence-corrected chi connectivity index (χ4v) is 2.05. The van der Waals surface area contributed by atoms with E-state index in [2.05, 4.69) is 46.5 Å². The zero-order valence-corrected chi connectivity index (χ0v) is 11.7. The minimum Gasteiger partial charge on any atom is -0.319 e. The van der Waals surface area contributed by atoms with Crippen molar-refractivity contribution in [2.24, 2.45) is 0 Å². The molecule has 0 radical (unpaired) electrons. The van der Waals surface area contributed by atoms with E-state index in [1.165, 1.54) is 12.0 Å². The first-order valence-corrected chi connectivity index (χ1v) is 6.89. The van der Waals surface area contributed by atoms with Crippen LogP contribution < -0.4 is 5.32 Å². The van der Waals surface area contributed by atoms with E-state index in [-0.39, 0.29) is 0 Å². The highest BCUT2D eigenvalue weighted by atomic mass is 14.9. The molecule has 0 fully saturated rings. The Bertz CT molecular complexity index is 506. The van der Waals surface area contributed by atoms with E-state index in [9.17, 15) is 0 Å². The number of aromatic nitrogens is 2. The molecule has 0 aliphatic rings. The molecule has 100 valence electrons. The predicted octanol–water partition coefficient (Wildman–Crippen LogP) is 2.86. The second kappa shape index (κ2) is 7.00. The molecular formula is C16H21N3. The molecule has 0 saturated carbocycles. The number of hydrogen-bond acceptors (Lipinski definition) is 3. The van der Waals surface area contributed by atoms with Gasteiger partial charge in [-0.25, -0.2) is 9.97 Å². The fourth-order valence-electron chi connectivity index (χ4n) is 2.05. The topological polar surface area (TPSA) is 37.8 Å². The molecule has 0 aliphatic heterocycles. The second-order valence-corrected chi connectivity index (χ2v) is 4.66. The number of benzene rings is 1. The highest BCUT2D eigenvalue weighted by Gasteiger charge is 2.02. The Balaban J connectivity index is 2.16. The summed E-state index contributed by atoms with van der Waals surface area (Å²) in [7, 11) is 1.94. The third kappa shape index (κ3) is 3.86. The Morgan fingerprint density at radius 2 is 1.84 bits per heavy atom. The summed E-state index contributed by atoms with van der Waals surface area (Å²) < 4.78 is 0. The van der Waals surface area contributed by atoms with Gasteiger partial charge in [0.2, 0.25) is 0 Å². The van der Waals surface area contributed by atoms with Gasteiger partial charge in [-0.15, -0.1) is 0 Å². The summed E-state index contributed by atoms with van der Waals surface area (Å²) in [6.07, 6.45) is 5.02. The van der Waals surface area contributed by atoms with Crippen LogP contribution in [0.5, 0.6) is 0 Å². The molecule has 1 N–H and O–H groups in total. The summed E-state index contributed by atoms with van der Waals surface area (Å²) >= 11 is 0. The van der Waals surface area contributed by atoms with E-state index in [4.69, 9.17) is 0 Å². The first kappa shape index (κ1) is 13.7. The fraction of sp³-hybridized carbons (Fsp3) is 0.375. The van der Waals surface area contributed by atoms with Crippen LogP contribution in [0.2, 0.25) is 0 Å². The Kier molecular flexibility index (Phi) is 5.04. The Labute approximate surface area is 115 Å². The molecule has 0 atom stereocenters. The molecule has 0 amide bonds. The number of nitrogens with zero attached hydrogens (tertiary/aromatic N) is 2. The van der Waals surface area contributed by atoms with Gasteiger partial charge in [0.1, 0.15) is 5.82 Å². The van der Waals surface area contributed by atoms with Crippen LogP contribution >= 0.6 is 0 Å². The molecule has 3 heteroatoms. The van der Waals surface area contributed by atoms with Crippen molar-refractivity contribution in [3.63, 3.8) is 0 Å². The predicted molar refractivity (Wildman–Crippen MR) is 79.1 cm³/mol. The van der Waals surface area contributed by atoms with Gasteiger partial charge in [0.05, 0.1) is 5.69 Å². The summed E-state index contributed by atoms with van der Waals surface area (Å²) in [6.45, 7) is 3.10. The minimum absolute atomic E-state index is 0.859. The molecule has 1 aromatic heterocycles. The van der Waals surface area contributed by atoms with Crippen molar-refractivity contribution in [2.75, 3.05) is 13.6 Å². The van der Waals surface area contributed by atoms with Crippen molar-refractivity contribution in [3.05, 3.63) is 47.9 Å². The zero-order valence-electron chi connectivity index (χ0n) is 11.7. The molecular weight excluding hydrogens is 234 g/mol. The van der Waals surface area contributed by atoms with E-state index in [1.807, 2.05) is 19.3 Å². The monoisotopic (exact) mass is 255 g/mol. The zero-order chi connectivity index (χ0) is 13.5. The molecule has 0 saturated heterocycles. The number of aryl methyl sites for hydroxylation is 1. The van der Waals surface area contributed by atoms with Crippen molar-refractivity contribution in [1.82, 2.24) is 15.3 Å². The molecule has 19 heavy (non-hydrogen) atoms. The van der Waals surface area contributed by atoms with Gasteiger partial charge in [-0.2, -0.15) is 0 Å². The third-order valence-electron chi connectivity index (χ3n) is 3.09. The maximum atomic E-state index is 4.61. The van der Waals surface area contributed by atoms with E-state index in [0.29, 0.717) is 0 Å². The SMILES string of the molecule is CCCc1ccc(-c2ccnc(CCNC)n2)cc1. The molecule has 2 aromatic rings. The summed E-state index contributed by atoms with van der Waals surface area (Å²) in [5, 5.41) is 3.12. The second-order valence-electron chi connectivity index (χ2n) is 4.66. The van der Waals surface area contributed by atoms with Crippen molar-refractivity contribution < 1.29 is 0 Å². The first-order valence-electron chi connectivity index (χ1n) is 6.89. The average molecular weight is 255 g/mol. The van der Waals surface area contributed by atoms with Crippen LogP contribution in [0.15, 0.2) is 36.5 Å². The van der Waals surface area contributed by atoms with E-state index >= 15 is 0 Å². The molecule has 1 aromatic carbocycles. The van der Waals surface area contributed by atoms with Gasteiger partial charge in [0.15, 0.2) is 0 Å². The molecule has 2 rings (SSSR count). The van der Waals surface area contributed by atoms with Crippen LogP contribution in [0.4, 0.5) is 0 Å². The summed E-state index contributed by atoms with van der Waals surface area (Å²) in [6, 6.07) is 10.6. The molecule has 0 unspecified atom stereocenters. The Morgan fingerprint density at radius 1 is 1.05 bits per heavy atom. The normalized spacial score (nSPS) is 10.6. The smallest absolute Gasteiger partial charge is 0.130 e. The van der Waals surface area contributed by atoms with Gasteiger partial charge < -0.3 is 5.32 Å². The maximum absolute atomic E-state index is 4.61. The van der Waals surface area contributed by atoms with Crippen LogP contribution in [0, 0.1) is 0 Å². The van der Waals surface area contributed by atoms with Gasteiger partial charge >= 0.3 is 0 Å². The van der Waals surface area contributed by atoms with Crippen molar-refractivity contribution in [2.45, 2.75) is 26.2 Å². The number of nitrogens with one attached hydrogen (secondary N) is 1. The van der Waals surface area contributed by atoms with Crippen molar-refractivity contribution in [3.8, 4) is 11.3 Å². The Hall–Kier alpha value is -1.74. The van der Waals surface area contributed by atoms with Crippen molar-refractivity contribution in [1.29, 1.82) is 0 Å². The van der Waals surface area contributed by atoms with Crippen LogP contribution in [-0.4, -0.2) is 23.6 Å². The van der Waals surface area contributed by atoms with Crippen LogP contribution in [0.1, 0.15) is 24.7 Å².